The summed E-state index contributed by atoms with van der Waals surface area (Å²) >= 11 is 0. The van der Waals surface area contributed by atoms with Crippen LogP contribution in [0.4, 0.5) is 5.82 Å². The van der Waals surface area contributed by atoms with E-state index in [1.807, 2.05) is 12.4 Å². The Morgan fingerprint density at radius 2 is 1.74 bits per heavy atom. The molecule has 0 bridgehead atoms. The molecule has 1 aromatic carbocycles. The number of fused-ring (bicyclic) bond motifs is 1. The molecule has 140 valence electrons. The Bertz CT molecular complexity index is 898. The summed E-state index contributed by atoms with van der Waals surface area (Å²) in [7, 11) is 0. The number of rotatable bonds is 5. The molecule has 0 atom stereocenters. The van der Waals surface area contributed by atoms with E-state index in [0.29, 0.717) is 0 Å². The predicted molar refractivity (Wildman–Crippen MR) is 110 cm³/mol. The number of hydrogen-bond donors (Lipinski definition) is 0. The molecule has 5 heteroatoms. The molecule has 0 amide bonds. The van der Waals surface area contributed by atoms with Crippen molar-refractivity contribution in [3.05, 3.63) is 59.7 Å². The summed E-state index contributed by atoms with van der Waals surface area (Å²) in [5.74, 6) is 2.07. The van der Waals surface area contributed by atoms with E-state index in [9.17, 15) is 0 Å². The van der Waals surface area contributed by atoms with E-state index in [-0.39, 0.29) is 0 Å². The van der Waals surface area contributed by atoms with Gasteiger partial charge in [-0.15, -0.1) is 0 Å². The molecule has 1 aliphatic rings. The van der Waals surface area contributed by atoms with Gasteiger partial charge in [0.25, 0.3) is 0 Å². The molecular weight excluding hydrogens is 334 g/mol. The average molecular weight is 361 g/mol. The molecule has 0 aliphatic carbocycles. The summed E-state index contributed by atoms with van der Waals surface area (Å²) in [5, 5.41) is 1.21. The Balaban J connectivity index is 1.39. The van der Waals surface area contributed by atoms with Crippen molar-refractivity contribution in [2.24, 2.45) is 0 Å². The first-order chi connectivity index (χ1) is 13.2. The molecule has 0 spiro atoms. The first-order valence-electron chi connectivity index (χ1n) is 9.86. The summed E-state index contributed by atoms with van der Waals surface area (Å²) in [6, 6.07) is 10.6. The van der Waals surface area contributed by atoms with Crippen LogP contribution in [0.25, 0.3) is 10.9 Å². The largest absolute Gasteiger partial charge is 0.354 e. The molecule has 1 fully saturated rings. The molecule has 5 nitrogen and oxygen atoms in total. The van der Waals surface area contributed by atoms with Gasteiger partial charge in [0.2, 0.25) is 0 Å². The normalized spacial score (nSPS) is 15.4. The van der Waals surface area contributed by atoms with Crippen LogP contribution in [0.3, 0.4) is 0 Å². The van der Waals surface area contributed by atoms with Gasteiger partial charge in [0.05, 0.1) is 5.52 Å². The molecule has 0 saturated carbocycles. The van der Waals surface area contributed by atoms with E-state index >= 15 is 0 Å². The van der Waals surface area contributed by atoms with Crippen molar-refractivity contribution in [1.29, 1.82) is 0 Å². The summed E-state index contributed by atoms with van der Waals surface area (Å²) in [4.78, 5) is 18.8. The molecule has 27 heavy (non-hydrogen) atoms. The van der Waals surface area contributed by atoms with Crippen molar-refractivity contribution in [3.63, 3.8) is 0 Å². The first kappa shape index (κ1) is 17.9. The van der Waals surface area contributed by atoms with Gasteiger partial charge in [0, 0.05) is 62.5 Å². The molecule has 0 radical (unpaired) electrons. The highest BCUT2D eigenvalue weighted by Gasteiger charge is 2.20. The standard InChI is InChI=1S/C22H27N5/c1-3-6-21-23-14-18(15-24-21)16-26-9-11-27(12-10-26)22-17(2)13-19-7-4-5-8-20(19)25-22/h4-5,7-8,13-15H,3,6,9-12,16H2,1-2H3. The van der Waals surface area contributed by atoms with Crippen molar-refractivity contribution in [2.45, 2.75) is 33.2 Å². The van der Waals surface area contributed by atoms with Crippen molar-refractivity contribution in [3.8, 4) is 0 Å². The number of anilines is 1. The summed E-state index contributed by atoms with van der Waals surface area (Å²) in [6.45, 7) is 9.31. The van der Waals surface area contributed by atoms with E-state index < -0.39 is 0 Å². The Labute approximate surface area is 161 Å². The Morgan fingerprint density at radius 3 is 2.48 bits per heavy atom. The second-order valence-electron chi connectivity index (χ2n) is 7.34. The van der Waals surface area contributed by atoms with Gasteiger partial charge in [0.1, 0.15) is 11.6 Å². The van der Waals surface area contributed by atoms with Crippen LogP contribution in [0.2, 0.25) is 0 Å². The Hall–Kier alpha value is -2.53. The summed E-state index contributed by atoms with van der Waals surface area (Å²) < 4.78 is 0. The molecule has 3 aromatic rings. The molecule has 3 heterocycles. The zero-order valence-electron chi connectivity index (χ0n) is 16.2. The number of piperazine rings is 1. The van der Waals surface area contributed by atoms with Crippen LogP contribution >= 0.6 is 0 Å². The third-order valence-corrected chi connectivity index (χ3v) is 5.20. The Kier molecular flexibility index (Phi) is 5.30. The first-order valence-corrected chi connectivity index (χ1v) is 9.86. The highest BCUT2D eigenvalue weighted by molar-refractivity contribution is 5.81. The number of hydrogen-bond acceptors (Lipinski definition) is 5. The van der Waals surface area contributed by atoms with Crippen LogP contribution in [0.5, 0.6) is 0 Å². The number of benzene rings is 1. The lowest BCUT2D eigenvalue weighted by molar-refractivity contribution is 0.248. The quantitative estimate of drug-likeness (QED) is 0.695. The SMILES string of the molecule is CCCc1ncc(CN2CCN(c3nc4ccccc4cc3C)CC2)cn1. The number of para-hydroxylation sites is 1. The Morgan fingerprint density at radius 1 is 1.00 bits per heavy atom. The van der Waals surface area contributed by atoms with Gasteiger partial charge in [-0.1, -0.05) is 25.1 Å². The predicted octanol–water partition coefficient (Wildman–Crippen LogP) is 3.61. The molecule has 4 rings (SSSR count). The van der Waals surface area contributed by atoms with Crippen LogP contribution in [-0.2, 0) is 13.0 Å². The molecular formula is C22H27N5. The third kappa shape index (κ3) is 4.08. The summed E-state index contributed by atoms with van der Waals surface area (Å²) in [6.07, 6.45) is 6.01. The maximum atomic E-state index is 4.92. The second kappa shape index (κ2) is 8.01. The minimum absolute atomic E-state index is 0.921. The van der Waals surface area contributed by atoms with E-state index in [0.717, 1.165) is 62.7 Å². The van der Waals surface area contributed by atoms with Crippen LogP contribution in [-0.4, -0.2) is 46.0 Å². The summed E-state index contributed by atoms with van der Waals surface area (Å²) in [5.41, 5.74) is 3.52. The van der Waals surface area contributed by atoms with Crippen molar-refractivity contribution in [1.82, 2.24) is 19.9 Å². The van der Waals surface area contributed by atoms with Gasteiger partial charge >= 0.3 is 0 Å². The van der Waals surface area contributed by atoms with E-state index in [2.05, 4.69) is 63.9 Å². The smallest absolute Gasteiger partial charge is 0.132 e. The number of aryl methyl sites for hydroxylation is 2. The fourth-order valence-electron chi connectivity index (χ4n) is 3.72. The molecule has 2 aromatic heterocycles. The molecule has 1 saturated heterocycles. The van der Waals surface area contributed by atoms with Crippen LogP contribution < -0.4 is 4.90 Å². The molecule has 0 N–H and O–H groups in total. The molecule has 0 unspecified atom stereocenters. The minimum Gasteiger partial charge on any atom is -0.354 e. The van der Waals surface area contributed by atoms with Crippen LogP contribution in [0.1, 0.15) is 30.3 Å². The van der Waals surface area contributed by atoms with E-state index in [1.165, 1.54) is 16.5 Å². The number of nitrogens with zero attached hydrogens (tertiary/aromatic N) is 5. The minimum atomic E-state index is 0.921. The van der Waals surface area contributed by atoms with E-state index in [1.54, 1.807) is 0 Å². The van der Waals surface area contributed by atoms with Gasteiger partial charge in [-0.3, -0.25) is 4.90 Å². The van der Waals surface area contributed by atoms with Gasteiger partial charge < -0.3 is 4.90 Å². The zero-order chi connectivity index (χ0) is 18.6. The van der Waals surface area contributed by atoms with Crippen LogP contribution in [0.15, 0.2) is 42.7 Å². The highest BCUT2D eigenvalue weighted by Crippen LogP contribution is 2.24. The average Bonchev–Trinajstić information content (AvgIpc) is 2.70. The topological polar surface area (TPSA) is 45.2 Å². The monoisotopic (exact) mass is 361 g/mol. The third-order valence-electron chi connectivity index (χ3n) is 5.20. The van der Waals surface area contributed by atoms with Gasteiger partial charge in [-0.25, -0.2) is 15.0 Å². The van der Waals surface area contributed by atoms with E-state index in [4.69, 9.17) is 4.98 Å². The fraction of sp³-hybridized carbons (Fsp3) is 0.409. The molecule has 1 aliphatic heterocycles. The fourth-order valence-corrected chi connectivity index (χ4v) is 3.72. The lowest BCUT2D eigenvalue weighted by atomic mass is 10.1. The van der Waals surface area contributed by atoms with Gasteiger partial charge in [-0.05, 0) is 31.0 Å². The highest BCUT2D eigenvalue weighted by atomic mass is 15.3. The zero-order valence-corrected chi connectivity index (χ0v) is 16.2. The number of pyridine rings is 1. The van der Waals surface area contributed by atoms with Crippen molar-refractivity contribution >= 4 is 16.7 Å². The maximum Gasteiger partial charge on any atom is 0.132 e. The van der Waals surface area contributed by atoms with Gasteiger partial charge in [0.15, 0.2) is 0 Å². The van der Waals surface area contributed by atoms with Crippen molar-refractivity contribution < 1.29 is 0 Å². The van der Waals surface area contributed by atoms with Gasteiger partial charge in [-0.2, -0.15) is 0 Å². The second-order valence-corrected chi connectivity index (χ2v) is 7.34. The maximum absolute atomic E-state index is 4.92. The lowest BCUT2D eigenvalue weighted by Gasteiger charge is -2.36. The number of aromatic nitrogens is 3. The lowest BCUT2D eigenvalue weighted by Crippen LogP contribution is -2.46. The van der Waals surface area contributed by atoms with Crippen molar-refractivity contribution in [2.75, 3.05) is 31.1 Å². The van der Waals surface area contributed by atoms with Crippen LogP contribution in [0, 0.1) is 6.92 Å².